The molecule has 1 saturated heterocycles. The zero-order chi connectivity index (χ0) is 14.7. The van der Waals surface area contributed by atoms with Gasteiger partial charge in [-0.1, -0.05) is 0 Å². The highest BCUT2D eigenvalue weighted by Crippen LogP contribution is 2.17. The molecule has 2 aliphatic rings. The lowest BCUT2D eigenvalue weighted by Gasteiger charge is -2.35. The second-order valence-corrected chi connectivity index (χ2v) is 4.91. The van der Waals surface area contributed by atoms with Gasteiger partial charge in [0, 0.05) is 38.6 Å². The number of piperazine rings is 1. The fourth-order valence-electron chi connectivity index (χ4n) is 2.43. The van der Waals surface area contributed by atoms with Crippen molar-refractivity contribution in [2.75, 3.05) is 44.3 Å². The van der Waals surface area contributed by atoms with E-state index in [2.05, 4.69) is 14.9 Å². The van der Waals surface area contributed by atoms with Gasteiger partial charge in [-0.3, -0.25) is 4.79 Å². The van der Waals surface area contributed by atoms with E-state index >= 15 is 0 Å². The molecule has 0 radical (unpaired) electrons. The highest BCUT2D eigenvalue weighted by molar-refractivity contribution is 5.92. The lowest BCUT2D eigenvalue weighted by molar-refractivity contribution is -0.133. The van der Waals surface area contributed by atoms with Crippen LogP contribution in [0.4, 0.5) is 5.95 Å². The summed E-state index contributed by atoms with van der Waals surface area (Å²) in [4.78, 5) is 24.7. The number of aromatic nitrogens is 2. The predicted octanol–water partition coefficient (Wildman–Crippen LogP) is 0.403. The van der Waals surface area contributed by atoms with E-state index in [4.69, 9.17) is 9.47 Å². The van der Waals surface area contributed by atoms with E-state index in [-0.39, 0.29) is 5.91 Å². The molecule has 1 fully saturated rings. The Balaban J connectivity index is 1.62. The molecule has 1 aromatic heterocycles. The molecular weight excluding hydrogens is 272 g/mol. The number of ether oxygens (including phenoxy) is 2. The molecule has 0 atom stereocenters. The van der Waals surface area contributed by atoms with Crippen LogP contribution in [0.25, 0.3) is 0 Å². The summed E-state index contributed by atoms with van der Waals surface area (Å²) in [5.41, 5.74) is 0. The van der Waals surface area contributed by atoms with Crippen LogP contribution in [0.3, 0.4) is 0 Å². The standard InChI is InChI=1S/C14H18N4O3/c1-11-12(21-10-9-20-11)13(19)17-5-7-18(8-6-17)14-15-3-2-4-16-14/h2-4H,5-10H2,1H3. The number of allylic oxidation sites excluding steroid dienone is 1. The van der Waals surface area contributed by atoms with Crippen LogP contribution in [-0.4, -0.2) is 60.2 Å². The van der Waals surface area contributed by atoms with Gasteiger partial charge in [0.05, 0.1) is 0 Å². The maximum atomic E-state index is 12.4. The second kappa shape index (κ2) is 5.99. The maximum absolute atomic E-state index is 12.4. The van der Waals surface area contributed by atoms with E-state index in [0.29, 0.717) is 56.9 Å². The highest BCUT2D eigenvalue weighted by atomic mass is 16.6. The van der Waals surface area contributed by atoms with Crippen LogP contribution in [0.1, 0.15) is 6.92 Å². The van der Waals surface area contributed by atoms with Gasteiger partial charge in [-0.25, -0.2) is 9.97 Å². The normalized spacial score (nSPS) is 19.1. The van der Waals surface area contributed by atoms with Crippen molar-refractivity contribution in [1.82, 2.24) is 14.9 Å². The van der Waals surface area contributed by atoms with Crippen molar-refractivity contribution in [3.8, 4) is 0 Å². The number of hydrogen-bond acceptors (Lipinski definition) is 6. The average molecular weight is 290 g/mol. The number of anilines is 1. The molecule has 0 spiro atoms. The molecule has 7 heteroatoms. The van der Waals surface area contributed by atoms with E-state index in [1.54, 1.807) is 30.3 Å². The number of amides is 1. The number of carbonyl (C=O) groups excluding carboxylic acids is 1. The SMILES string of the molecule is CC1=C(C(=O)N2CCN(c3ncccn3)CC2)OCCO1. The summed E-state index contributed by atoms with van der Waals surface area (Å²) in [5.74, 6) is 1.52. The fourth-order valence-corrected chi connectivity index (χ4v) is 2.43. The van der Waals surface area contributed by atoms with Crippen LogP contribution in [0.15, 0.2) is 30.0 Å². The van der Waals surface area contributed by atoms with Gasteiger partial charge in [0.1, 0.15) is 19.0 Å². The molecule has 0 saturated carbocycles. The first-order valence-electron chi connectivity index (χ1n) is 7.03. The smallest absolute Gasteiger partial charge is 0.292 e. The zero-order valence-corrected chi connectivity index (χ0v) is 12.0. The van der Waals surface area contributed by atoms with Gasteiger partial charge >= 0.3 is 0 Å². The lowest BCUT2D eigenvalue weighted by atomic mass is 10.2. The Kier molecular flexibility index (Phi) is 3.89. The number of rotatable bonds is 2. The van der Waals surface area contributed by atoms with Crippen molar-refractivity contribution in [3.63, 3.8) is 0 Å². The van der Waals surface area contributed by atoms with Gasteiger partial charge in [0.15, 0.2) is 0 Å². The summed E-state index contributed by atoms with van der Waals surface area (Å²) in [6, 6.07) is 1.79. The van der Waals surface area contributed by atoms with Crippen LogP contribution in [0.5, 0.6) is 0 Å². The van der Waals surface area contributed by atoms with E-state index in [1.807, 2.05) is 0 Å². The molecule has 112 valence electrons. The monoisotopic (exact) mass is 290 g/mol. The van der Waals surface area contributed by atoms with Crippen molar-refractivity contribution in [2.24, 2.45) is 0 Å². The average Bonchev–Trinajstić information content (AvgIpc) is 2.56. The molecule has 0 bridgehead atoms. The summed E-state index contributed by atoms with van der Waals surface area (Å²) in [6.45, 7) is 5.36. The van der Waals surface area contributed by atoms with Gasteiger partial charge in [-0.2, -0.15) is 0 Å². The minimum absolute atomic E-state index is 0.0965. The van der Waals surface area contributed by atoms with E-state index in [9.17, 15) is 4.79 Å². The van der Waals surface area contributed by atoms with Crippen LogP contribution in [-0.2, 0) is 14.3 Å². The Labute approximate surface area is 123 Å². The minimum Gasteiger partial charge on any atom is -0.491 e. The molecule has 1 amide bonds. The van der Waals surface area contributed by atoms with Crippen LogP contribution in [0.2, 0.25) is 0 Å². The summed E-state index contributed by atoms with van der Waals surface area (Å²) >= 11 is 0. The number of hydrogen-bond donors (Lipinski definition) is 0. The number of nitrogens with zero attached hydrogens (tertiary/aromatic N) is 4. The molecule has 2 aliphatic heterocycles. The van der Waals surface area contributed by atoms with E-state index in [0.717, 1.165) is 0 Å². The third-order valence-corrected chi connectivity index (χ3v) is 3.56. The second-order valence-electron chi connectivity index (χ2n) is 4.91. The Morgan fingerprint density at radius 2 is 1.76 bits per heavy atom. The first-order chi connectivity index (χ1) is 10.3. The summed E-state index contributed by atoms with van der Waals surface area (Å²) in [7, 11) is 0. The van der Waals surface area contributed by atoms with Crippen molar-refractivity contribution in [3.05, 3.63) is 30.0 Å². The zero-order valence-electron chi connectivity index (χ0n) is 12.0. The Morgan fingerprint density at radius 1 is 1.10 bits per heavy atom. The van der Waals surface area contributed by atoms with Crippen molar-refractivity contribution >= 4 is 11.9 Å². The van der Waals surface area contributed by atoms with Crippen LogP contribution in [0, 0.1) is 0 Å². The van der Waals surface area contributed by atoms with Crippen molar-refractivity contribution in [1.29, 1.82) is 0 Å². The highest BCUT2D eigenvalue weighted by Gasteiger charge is 2.28. The predicted molar refractivity (Wildman–Crippen MR) is 75.4 cm³/mol. The summed E-state index contributed by atoms with van der Waals surface area (Å²) in [5, 5.41) is 0. The topological polar surface area (TPSA) is 67.8 Å². The summed E-state index contributed by atoms with van der Waals surface area (Å²) in [6.07, 6.45) is 3.45. The molecular formula is C14H18N4O3. The Morgan fingerprint density at radius 3 is 2.43 bits per heavy atom. The van der Waals surface area contributed by atoms with Gasteiger partial charge in [0.25, 0.3) is 5.91 Å². The quantitative estimate of drug-likeness (QED) is 0.785. The van der Waals surface area contributed by atoms with Gasteiger partial charge in [-0.05, 0) is 13.0 Å². The van der Waals surface area contributed by atoms with Crippen molar-refractivity contribution in [2.45, 2.75) is 6.92 Å². The largest absolute Gasteiger partial charge is 0.491 e. The molecule has 0 N–H and O–H groups in total. The van der Waals surface area contributed by atoms with Gasteiger partial charge in [-0.15, -0.1) is 0 Å². The van der Waals surface area contributed by atoms with Gasteiger partial charge < -0.3 is 19.3 Å². The maximum Gasteiger partial charge on any atom is 0.292 e. The summed E-state index contributed by atoms with van der Waals surface area (Å²) < 4.78 is 10.8. The van der Waals surface area contributed by atoms with Gasteiger partial charge in [0.2, 0.25) is 11.7 Å². The van der Waals surface area contributed by atoms with Crippen LogP contribution < -0.4 is 4.90 Å². The van der Waals surface area contributed by atoms with Crippen LogP contribution >= 0.6 is 0 Å². The number of carbonyl (C=O) groups is 1. The molecule has 0 unspecified atom stereocenters. The van der Waals surface area contributed by atoms with Crippen molar-refractivity contribution < 1.29 is 14.3 Å². The molecule has 1 aromatic rings. The molecule has 3 heterocycles. The van der Waals surface area contributed by atoms with E-state index < -0.39 is 0 Å². The molecule has 7 nitrogen and oxygen atoms in total. The first kappa shape index (κ1) is 13.7. The molecule has 3 rings (SSSR count). The minimum atomic E-state index is -0.0965. The molecule has 0 aliphatic carbocycles. The first-order valence-corrected chi connectivity index (χ1v) is 7.03. The third-order valence-electron chi connectivity index (χ3n) is 3.56. The molecule has 21 heavy (non-hydrogen) atoms. The Hall–Kier alpha value is -2.31. The fraction of sp³-hybridized carbons (Fsp3) is 0.500. The Bertz CT molecular complexity index is 538. The molecule has 0 aromatic carbocycles. The third kappa shape index (κ3) is 2.91. The lowest BCUT2D eigenvalue weighted by Crippen LogP contribution is -2.50. The van der Waals surface area contributed by atoms with E-state index in [1.165, 1.54) is 0 Å².